The Kier molecular flexibility index (Phi) is 11.2. The second kappa shape index (κ2) is 15.2. The van der Waals surface area contributed by atoms with Gasteiger partial charge in [0.2, 0.25) is 0 Å². The molecule has 2 nitrogen and oxygen atoms in total. The van der Waals surface area contributed by atoms with Crippen LogP contribution < -0.4 is 0 Å². The van der Waals surface area contributed by atoms with E-state index < -0.39 is 0 Å². The molecule has 9 aliphatic carbocycles. The Hall–Kier alpha value is -0.790. The fourth-order valence-electron chi connectivity index (χ4n) is 20.6. The first-order valence-electron chi connectivity index (χ1n) is 26.7. The molecule has 8 saturated carbocycles. The van der Waals surface area contributed by atoms with Gasteiger partial charge in [0.25, 0.3) is 0 Å². The summed E-state index contributed by atoms with van der Waals surface area (Å²) in [7, 11) is 0. The number of fused-ring (bicyclic) bond motifs is 12. The molecule has 0 aromatic rings. The highest BCUT2D eigenvalue weighted by Gasteiger charge is 2.69. The van der Waals surface area contributed by atoms with Crippen LogP contribution in [0.15, 0.2) is 11.6 Å². The Morgan fingerprint density at radius 1 is 0.678 bits per heavy atom. The van der Waals surface area contributed by atoms with Crippen molar-refractivity contribution in [3.05, 3.63) is 11.6 Å². The molecule has 0 aromatic carbocycles. The predicted molar refractivity (Wildman–Crippen MR) is 246 cm³/mol. The summed E-state index contributed by atoms with van der Waals surface area (Å²) in [5.41, 5.74) is 3.62. The highest BCUT2D eigenvalue weighted by molar-refractivity contribution is 5.78. The lowest BCUT2D eigenvalue weighted by atomic mass is 9.35. The van der Waals surface area contributed by atoms with Gasteiger partial charge in [0, 0.05) is 6.42 Å². The molecule has 0 spiro atoms. The zero-order valence-corrected chi connectivity index (χ0v) is 40.9. The van der Waals surface area contributed by atoms with Gasteiger partial charge in [-0.2, -0.15) is 0 Å². The van der Waals surface area contributed by atoms with E-state index in [0.29, 0.717) is 50.7 Å². The Morgan fingerprint density at radius 2 is 1.37 bits per heavy atom. The SMILES string of the molecule is CC(C)CCC[C@@H](C)C1CC[C@H]2C3CC=C4C[C@H](OC(=O)[C@]56CCC(C(C)C)C5[C@H]5CC[C@H]7[C@@](C)(CCC8C(C)(C)C(C)CC[C@@]87C)C5CC6)CC[C@]4(C)[C@H]3CC[C@]12C. The second-order valence-corrected chi connectivity index (χ2v) is 27.0. The zero-order chi connectivity index (χ0) is 42.1. The summed E-state index contributed by atoms with van der Waals surface area (Å²) in [6, 6.07) is 0. The largest absolute Gasteiger partial charge is 0.462 e. The molecule has 0 bridgehead atoms. The van der Waals surface area contributed by atoms with Crippen LogP contribution in [0.5, 0.6) is 0 Å². The van der Waals surface area contributed by atoms with Crippen LogP contribution in [0.4, 0.5) is 0 Å². The van der Waals surface area contributed by atoms with Crippen molar-refractivity contribution in [2.45, 2.75) is 224 Å². The van der Waals surface area contributed by atoms with Gasteiger partial charge in [-0.3, -0.25) is 4.79 Å². The van der Waals surface area contributed by atoms with Gasteiger partial charge in [0.15, 0.2) is 0 Å². The summed E-state index contributed by atoms with van der Waals surface area (Å²) >= 11 is 0. The average Bonchev–Trinajstić information content (AvgIpc) is 3.76. The maximum Gasteiger partial charge on any atom is 0.312 e. The lowest BCUT2D eigenvalue weighted by Gasteiger charge is -2.69. The fraction of sp³-hybridized carbons (Fsp3) is 0.947. The lowest BCUT2D eigenvalue weighted by Crippen LogP contribution is -2.63. The molecule has 0 amide bonds. The molecule has 18 atom stereocenters. The number of hydrogen-bond acceptors (Lipinski definition) is 2. The first kappa shape index (κ1) is 43.5. The third-order valence-electron chi connectivity index (χ3n) is 24.0. The maximum absolute atomic E-state index is 15.2. The minimum absolute atomic E-state index is 0.0844. The van der Waals surface area contributed by atoms with E-state index in [1.54, 1.807) is 5.57 Å². The lowest BCUT2D eigenvalue weighted by molar-refractivity contribution is -0.213. The summed E-state index contributed by atoms with van der Waals surface area (Å²) in [5.74, 6) is 11.3. The molecule has 0 N–H and O–H groups in total. The van der Waals surface area contributed by atoms with Crippen molar-refractivity contribution in [2.24, 2.45) is 115 Å². The van der Waals surface area contributed by atoms with E-state index in [1.165, 1.54) is 109 Å². The maximum atomic E-state index is 15.2. The van der Waals surface area contributed by atoms with Crippen molar-refractivity contribution in [1.82, 2.24) is 0 Å². The molecule has 0 saturated heterocycles. The van der Waals surface area contributed by atoms with Gasteiger partial charge in [-0.05, 0) is 219 Å². The van der Waals surface area contributed by atoms with Gasteiger partial charge in [-0.15, -0.1) is 0 Å². The number of rotatable bonds is 8. The van der Waals surface area contributed by atoms with E-state index in [1.807, 2.05) is 0 Å². The van der Waals surface area contributed by atoms with E-state index >= 15 is 4.79 Å². The number of carbonyl (C=O) groups is 1. The number of hydrogen-bond donors (Lipinski definition) is 0. The standard InChI is InChI=1S/C57H94O2/c1-35(2)14-13-15-37(5)44-19-20-45-42-17-16-39-34-40(23-29-53(39,9)46(42)25-30-54(44,45)10)59-51(58)57-32-24-41(36(3)4)50(57)43-18-21-49-55(11,47(43)26-33-57)31-27-48-52(7,8)38(6)22-28-56(48,49)12/h16,35-38,40-50H,13-15,17-34H2,1-12H3/t37-,38?,40-,41?,42?,43+,44?,45+,46+,47?,48?,49+,50?,53+,54-,55+,56+,57+/m1/s1. The van der Waals surface area contributed by atoms with E-state index in [0.717, 1.165) is 84.9 Å². The quantitative estimate of drug-likeness (QED) is 0.180. The number of carbonyl (C=O) groups excluding carboxylic acids is 1. The van der Waals surface area contributed by atoms with Crippen molar-refractivity contribution in [2.75, 3.05) is 0 Å². The summed E-state index contributed by atoms with van der Waals surface area (Å²) in [6.07, 6.45) is 30.6. The first-order valence-corrected chi connectivity index (χ1v) is 26.7. The highest BCUT2D eigenvalue weighted by Crippen LogP contribution is 2.75. The van der Waals surface area contributed by atoms with Crippen molar-refractivity contribution in [3.63, 3.8) is 0 Å². The molecule has 7 unspecified atom stereocenters. The molecular formula is C57H94O2. The highest BCUT2D eigenvalue weighted by atomic mass is 16.5. The van der Waals surface area contributed by atoms with Crippen LogP contribution in [0.1, 0.15) is 218 Å². The fourth-order valence-corrected chi connectivity index (χ4v) is 20.6. The summed E-state index contributed by atoms with van der Waals surface area (Å²) in [5, 5.41) is 0. The third kappa shape index (κ3) is 6.47. The normalized spacial score (nSPS) is 51.6. The van der Waals surface area contributed by atoms with Gasteiger partial charge in [0.05, 0.1) is 5.41 Å². The molecule has 334 valence electrons. The van der Waals surface area contributed by atoms with Gasteiger partial charge in [-0.25, -0.2) is 0 Å². The number of esters is 1. The van der Waals surface area contributed by atoms with Crippen molar-refractivity contribution in [1.29, 1.82) is 0 Å². The second-order valence-electron chi connectivity index (χ2n) is 27.0. The van der Waals surface area contributed by atoms with E-state index in [-0.39, 0.29) is 17.5 Å². The number of ether oxygens (including phenoxy) is 1. The molecule has 0 heterocycles. The van der Waals surface area contributed by atoms with Crippen LogP contribution in [0.25, 0.3) is 0 Å². The molecule has 0 aromatic heterocycles. The Balaban J connectivity index is 0.896. The van der Waals surface area contributed by atoms with E-state index in [4.69, 9.17) is 4.74 Å². The summed E-state index contributed by atoms with van der Waals surface area (Å²) in [4.78, 5) is 15.2. The van der Waals surface area contributed by atoms with Gasteiger partial charge in [-0.1, -0.05) is 114 Å². The van der Waals surface area contributed by atoms with Crippen molar-refractivity contribution >= 4 is 5.97 Å². The molecule has 2 heteroatoms. The zero-order valence-electron chi connectivity index (χ0n) is 40.9. The number of allylic oxidation sites excluding steroid dienone is 1. The van der Waals surface area contributed by atoms with Crippen LogP contribution in [0.3, 0.4) is 0 Å². The van der Waals surface area contributed by atoms with Gasteiger partial charge in [0.1, 0.15) is 6.10 Å². The molecule has 9 aliphatic rings. The Bertz CT molecular complexity index is 1600. The van der Waals surface area contributed by atoms with Crippen LogP contribution in [0.2, 0.25) is 0 Å². The van der Waals surface area contributed by atoms with Crippen LogP contribution in [-0.4, -0.2) is 12.1 Å². The topological polar surface area (TPSA) is 26.3 Å². The molecule has 8 fully saturated rings. The van der Waals surface area contributed by atoms with Crippen LogP contribution in [-0.2, 0) is 9.53 Å². The van der Waals surface area contributed by atoms with Crippen molar-refractivity contribution in [3.8, 4) is 0 Å². The van der Waals surface area contributed by atoms with E-state index in [2.05, 4.69) is 89.2 Å². The van der Waals surface area contributed by atoms with Crippen molar-refractivity contribution < 1.29 is 9.53 Å². The molecule has 0 radical (unpaired) electrons. The van der Waals surface area contributed by atoms with E-state index in [9.17, 15) is 0 Å². The smallest absolute Gasteiger partial charge is 0.312 e. The van der Waals surface area contributed by atoms with Crippen LogP contribution >= 0.6 is 0 Å². The first-order chi connectivity index (χ1) is 27.8. The minimum Gasteiger partial charge on any atom is -0.462 e. The Labute approximate surface area is 365 Å². The monoisotopic (exact) mass is 811 g/mol. The minimum atomic E-state index is -0.242. The Morgan fingerprint density at radius 3 is 2.12 bits per heavy atom. The van der Waals surface area contributed by atoms with Crippen LogP contribution in [0, 0.1) is 115 Å². The summed E-state index contributed by atoms with van der Waals surface area (Å²) < 4.78 is 7.02. The average molecular weight is 811 g/mol. The molecule has 59 heavy (non-hydrogen) atoms. The molecule has 9 rings (SSSR count). The van der Waals surface area contributed by atoms with Gasteiger partial charge >= 0.3 is 5.97 Å². The molecule has 0 aliphatic heterocycles. The summed E-state index contributed by atoms with van der Waals surface area (Å²) in [6.45, 7) is 31.1. The third-order valence-corrected chi connectivity index (χ3v) is 24.0. The molecular weight excluding hydrogens is 717 g/mol. The predicted octanol–water partition coefficient (Wildman–Crippen LogP) is 15.9. The van der Waals surface area contributed by atoms with Gasteiger partial charge < -0.3 is 4.74 Å².